The molecule has 4 heterocycles. The van der Waals surface area contributed by atoms with E-state index in [9.17, 15) is 5.11 Å². The summed E-state index contributed by atoms with van der Waals surface area (Å²) in [5.74, 6) is 0.895. The average molecular weight is 388 g/mol. The number of nitrogens with zero attached hydrogens (tertiary/aromatic N) is 4. The molecule has 0 saturated carbocycles. The van der Waals surface area contributed by atoms with E-state index in [4.69, 9.17) is 0 Å². The van der Waals surface area contributed by atoms with Crippen molar-refractivity contribution >= 4 is 27.8 Å². The van der Waals surface area contributed by atoms with Crippen LogP contribution in [0.15, 0.2) is 42.9 Å². The lowest BCUT2D eigenvalue weighted by Crippen LogP contribution is -2.36. The van der Waals surface area contributed by atoms with E-state index in [0.29, 0.717) is 11.7 Å². The molecule has 29 heavy (non-hydrogen) atoms. The third kappa shape index (κ3) is 3.43. The minimum atomic E-state index is -0.0659. The van der Waals surface area contributed by atoms with Gasteiger partial charge in [0, 0.05) is 28.6 Å². The van der Waals surface area contributed by atoms with Crippen LogP contribution >= 0.6 is 0 Å². The summed E-state index contributed by atoms with van der Waals surface area (Å²) in [6, 6.07) is 10.6. The summed E-state index contributed by atoms with van der Waals surface area (Å²) in [4.78, 5) is 19.0. The number of hydrogen-bond acceptors (Lipinski definition) is 6. The smallest absolute Gasteiger partial charge is 0.138 e. The van der Waals surface area contributed by atoms with Gasteiger partial charge in [-0.15, -0.1) is 0 Å². The fourth-order valence-electron chi connectivity index (χ4n) is 4.06. The highest BCUT2D eigenvalue weighted by Gasteiger charge is 2.18. The van der Waals surface area contributed by atoms with Crippen molar-refractivity contribution in [2.45, 2.75) is 25.5 Å². The highest BCUT2D eigenvalue weighted by Crippen LogP contribution is 2.32. The van der Waals surface area contributed by atoms with Crippen LogP contribution in [0.25, 0.3) is 33.1 Å². The van der Waals surface area contributed by atoms with Crippen molar-refractivity contribution in [1.29, 1.82) is 0 Å². The lowest BCUT2D eigenvalue weighted by atomic mass is 10.0. The van der Waals surface area contributed by atoms with Crippen LogP contribution < -0.4 is 5.32 Å². The first kappa shape index (κ1) is 18.0. The normalized spacial score (nSPS) is 15.9. The molecule has 0 spiro atoms. The first-order valence-corrected chi connectivity index (χ1v) is 9.99. The Hall–Kier alpha value is -3.03. The fourth-order valence-corrected chi connectivity index (χ4v) is 4.06. The van der Waals surface area contributed by atoms with E-state index in [2.05, 4.69) is 49.3 Å². The van der Waals surface area contributed by atoms with Crippen molar-refractivity contribution in [3.8, 4) is 11.1 Å². The minimum Gasteiger partial charge on any atom is -0.390 e. The summed E-state index contributed by atoms with van der Waals surface area (Å²) >= 11 is 0. The summed E-state index contributed by atoms with van der Waals surface area (Å²) in [5, 5.41) is 15.0. The molecular weight excluding hydrogens is 364 g/mol. The Morgan fingerprint density at radius 3 is 2.83 bits per heavy atom. The molecule has 0 bridgehead atoms. The van der Waals surface area contributed by atoms with Gasteiger partial charge in [0.1, 0.15) is 17.8 Å². The molecule has 0 amide bonds. The maximum atomic E-state index is 9.32. The van der Waals surface area contributed by atoms with Gasteiger partial charge in [0.2, 0.25) is 0 Å². The summed E-state index contributed by atoms with van der Waals surface area (Å²) in [5.41, 5.74) is 4.53. The number of aromatic amines is 1. The molecule has 7 nitrogen and oxygen atoms in total. The average Bonchev–Trinajstić information content (AvgIpc) is 3.18. The predicted octanol–water partition coefficient (Wildman–Crippen LogP) is 3.17. The monoisotopic (exact) mass is 388 g/mol. The number of hydrogen-bond donors (Lipinski definition) is 3. The number of rotatable bonds is 4. The Balaban J connectivity index is 1.53. The number of anilines is 1. The highest BCUT2D eigenvalue weighted by atomic mass is 16.3. The molecule has 148 valence electrons. The van der Waals surface area contributed by atoms with Crippen LogP contribution in [0.1, 0.15) is 18.5 Å². The molecule has 0 radical (unpaired) electrons. The maximum absolute atomic E-state index is 9.32. The van der Waals surface area contributed by atoms with Gasteiger partial charge >= 0.3 is 0 Å². The Kier molecular flexibility index (Phi) is 4.61. The van der Waals surface area contributed by atoms with Crippen molar-refractivity contribution < 1.29 is 5.11 Å². The maximum Gasteiger partial charge on any atom is 0.138 e. The molecule has 1 saturated heterocycles. The number of nitrogens with one attached hydrogen (secondary N) is 2. The Bertz CT molecular complexity index is 1160. The summed E-state index contributed by atoms with van der Waals surface area (Å²) in [6.45, 7) is 2.14. The van der Waals surface area contributed by atoms with Crippen LogP contribution in [0.4, 0.5) is 5.82 Å². The van der Waals surface area contributed by atoms with E-state index in [-0.39, 0.29) is 6.61 Å². The Morgan fingerprint density at radius 2 is 2.00 bits per heavy atom. The van der Waals surface area contributed by atoms with Crippen LogP contribution in [-0.4, -0.2) is 56.1 Å². The van der Waals surface area contributed by atoms with Crippen molar-refractivity contribution in [3.05, 3.63) is 48.5 Å². The molecule has 1 aromatic carbocycles. The molecule has 1 aliphatic heterocycles. The van der Waals surface area contributed by atoms with Crippen LogP contribution in [0.5, 0.6) is 0 Å². The van der Waals surface area contributed by atoms with Crippen molar-refractivity contribution in [1.82, 2.24) is 24.8 Å². The zero-order chi connectivity index (χ0) is 19.8. The lowest BCUT2D eigenvalue weighted by molar-refractivity contribution is 0.264. The molecule has 1 fully saturated rings. The molecule has 0 atom stereocenters. The third-order valence-corrected chi connectivity index (χ3v) is 5.76. The molecule has 5 rings (SSSR count). The molecule has 0 unspecified atom stereocenters. The van der Waals surface area contributed by atoms with Gasteiger partial charge in [0.15, 0.2) is 0 Å². The van der Waals surface area contributed by atoms with E-state index in [1.807, 2.05) is 24.4 Å². The topological polar surface area (TPSA) is 90.0 Å². The van der Waals surface area contributed by atoms with E-state index >= 15 is 0 Å². The standard InChI is InChI=1S/C22H24N6O/c1-28-8-6-15(7-9-28)26-22-18-10-14(2-5-20(18)24-13-25-22)19-11-23-21-17(19)4-3-16(12-29)27-21/h2-5,10-11,13,15,29H,6-9,12H2,1H3,(H,23,27)(H,24,25,26). The van der Waals surface area contributed by atoms with Gasteiger partial charge in [-0.1, -0.05) is 6.07 Å². The van der Waals surface area contributed by atoms with Gasteiger partial charge < -0.3 is 20.3 Å². The van der Waals surface area contributed by atoms with E-state index in [1.54, 1.807) is 6.33 Å². The number of piperidine rings is 1. The summed E-state index contributed by atoms with van der Waals surface area (Å²) in [6.07, 6.45) is 5.82. The number of pyridine rings is 1. The van der Waals surface area contributed by atoms with Crippen LogP contribution in [0.3, 0.4) is 0 Å². The molecular formula is C22H24N6O. The minimum absolute atomic E-state index is 0.0659. The number of benzene rings is 1. The first-order chi connectivity index (χ1) is 14.2. The molecule has 4 aromatic rings. The van der Waals surface area contributed by atoms with E-state index < -0.39 is 0 Å². The number of aromatic nitrogens is 4. The van der Waals surface area contributed by atoms with Crippen molar-refractivity contribution in [2.75, 3.05) is 25.5 Å². The van der Waals surface area contributed by atoms with Gasteiger partial charge in [-0.3, -0.25) is 0 Å². The van der Waals surface area contributed by atoms with E-state index in [1.165, 1.54) is 0 Å². The summed E-state index contributed by atoms with van der Waals surface area (Å²) in [7, 11) is 2.17. The van der Waals surface area contributed by atoms with Gasteiger partial charge in [-0.05, 0) is 62.8 Å². The largest absolute Gasteiger partial charge is 0.390 e. The Labute approximate surface area is 168 Å². The predicted molar refractivity (Wildman–Crippen MR) is 115 cm³/mol. The van der Waals surface area contributed by atoms with Crippen LogP contribution in [0, 0.1) is 0 Å². The first-order valence-electron chi connectivity index (χ1n) is 9.99. The van der Waals surface area contributed by atoms with E-state index in [0.717, 1.165) is 64.8 Å². The second-order valence-electron chi connectivity index (χ2n) is 7.74. The zero-order valence-corrected chi connectivity index (χ0v) is 16.4. The number of aliphatic hydroxyl groups excluding tert-OH is 1. The fraction of sp³-hybridized carbons (Fsp3) is 0.318. The summed E-state index contributed by atoms with van der Waals surface area (Å²) < 4.78 is 0. The zero-order valence-electron chi connectivity index (χ0n) is 16.4. The van der Waals surface area contributed by atoms with Crippen molar-refractivity contribution in [3.63, 3.8) is 0 Å². The lowest BCUT2D eigenvalue weighted by Gasteiger charge is -2.30. The second-order valence-corrected chi connectivity index (χ2v) is 7.74. The molecule has 1 aliphatic rings. The highest BCUT2D eigenvalue weighted by molar-refractivity contribution is 5.98. The Morgan fingerprint density at radius 1 is 1.14 bits per heavy atom. The molecule has 3 N–H and O–H groups in total. The number of fused-ring (bicyclic) bond motifs is 2. The number of likely N-dealkylation sites (tertiary alicyclic amines) is 1. The van der Waals surface area contributed by atoms with Gasteiger partial charge in [0.25, 0.3) is 0 Å². The number of H-pyrrole nitrogens is 1. The van der Waals surface area contributed by atoms with Gasteiger partial charge in [-0.2, -0.15) is 0 Å². The second kappa shape index (κ2) is 7.42. The van der Waals surface area contributed by atoms with Crippen LogP contribution in [-0.2, 0) is 6.61 Å². The third-order valence-electron chi connectivity index (χ3n) is 5.76. The molecule has 7 heteroatoms. The SMILES string of the molecule is CN1CCC(Nc2ncnc3ccc(-c4c[nH]c5nc(CO)ccc45)cc23)CC1. The van der Waals surface area contributed by atoms with Gasteiger partial charge in [-0.25, -0.2) is 15.0 Å². The van der Waals surface area contributed by atoms with Crippen molar-refractivity contribution in [2.24, 2.45) is 0 Å². The quantitative estimate of drug-likeness (QED) is 0.498. The molecule has 3 aromatic heterocycles. The molecule has 0 aliphatic carbocycles. The van der Waals surface area contributed by atoms with Gasteiger partial charge in [0.05, 0.1) is 17.8 Å². The number of aliphatic hydroxyl groups is 1. The van der Waals surface area contributed by atoms with Crippen LogP contribution in [0.2, 0.25) is 0 Å².